The molecule has 0 bridgehead atoms. The van der Waals surface area contributed by atoms with Crippen molar-refractivity contribution in [3.63, 3.8) is 0 Å². The van der Waals surface area contributed by atoms with Gasteiger partial charge in [-0.1, -0.05) is 0 Å². The predicted molar refractivity (Wildman–Crippen MR) is 54.3 cm³/mol. The lowest BCUT2D eigenvalue weighted by Crippen LogP contribution is -2.25. The van der Waals surface area contributed by atoms with Crippen LogP contribution in [0.3, 0.4) is 0 Å². The maximum atomic E-state index is 13.6. The van der Waals surface area contributed by atoms with Gasteiger partial charge in [-0.25, -0.2) is 14.4 Å². The zero-order valence-electron chi connectivity index (χ0n) is 8.41. The van der Waals surface area contributed by atoms with Crippen molar-refractivity contribution in [3.8, 4) is 0 Å². The molecule has 0 amide bonds. The normalized spacial score (nSPS) is 11.9. The van der Waals surface area contributed by atoms with Gasteiger partial charge in [0.2, 0.25) is 0 Å². The number of aromatic amines is 1. The second-order valence-electron chi connectivity index (χ2n) is 3.76. The number of hydrogen-bond donors (Lipinski definition) is 1. The van der Waals surface area contributed by atoms with Crippen LogP contribution in [-0.4, -0.2) is 15.0 Å². The first-order valence-electron chi connectivity index (χ1n) is 4.53. The lowest BCUT2D eigenvalue weighted by atomic mass is 10.1. The molecule has 0 aromatic carbocycles. The third-order valence-corrected chi connectivity index (χ3v) is 2.03. The molecule has 0 aliphatic carbocycles. The molecule has 0 saturated carbocycles. The van der Waals surface area contributed by atoms with Crippen LogP contribution in [-0.2, 0) is 5.67 Å². The first-order chi connectivity index (χ1) is 6.98. The number of halogens is 1. The van der Waals surface area contributed by atoms with Crippen molar-refractivity contribution < 1.29 is 4.39 Å². The molecule has 2 rings (SSSR count). The molecule has 2 aromatic heterocycles. The van der Waals surface area contributed by atoms with Crippen molar-refractivity contribution in [3.05, 3.63) is 34.4 Å². The van der Waals surface area contributed by atoms with Crippen molar-refractivity contribution in [1.29, 1.82) is 0 Å². The number of nitrogens with zero attached hydrogens (tertiary/aromatic N) is 2. The molecule has 0 unspecified atom stereocenters. The van der Waals surface area contributed by atoms with E-state index in [1.54, 1.807) is 18.3 Å². The Kier molecular flexibility index (Phi) is 2.03. The van der Waals surface area contributed by atoms with Crippen LogP contribution in [0.5, 0.6) is 0 Å². The summed E-state index contributed by atoms with van der Waals surface area (Å²) in [6, 6.07) is 3.36. The fourth-order valence-electron chi connectivity index (χ4n) is 1.32. The lowest BCUT2D eigenvalue weighted by Gasteiger charge is -2.12. The van der Waals surface area contributed by atoms with Crippen LogP contribution >= 0.6 is 0 Å². The second kappa shape index (κ2) is 3.12. The van der Waals surface area contributed by atoms with E-state index in [4.69, 9.17) is 0 Å². The summed E-state index contributed by atoms with van der Waals surface area (Å²) in [5.41, 5.74) is -1.55. The fourth-order valence-corrected chi connectivity index (χ4v) is 1.32. The van der Waals surface area contributed by atoms with Gasteiger partial charge in [0.05, 0.1) is 0 Å². The molecule has 78 valence electrons. The van der Waals surface area contributed by atoms with Gasteiger partial charge in [0, 0.05) is 6.20 Å². The van der Waals surface area contributed by atoms with E-state index in [0.29, 0.717) is 11.2 Å². The number of nitrogens with one attached hydrogen (secondary N) is 1. The van der Waals surface area contributed by atoms with Crippen molar-refractivity contribution in [1.82, 2.24) is 15.0 Å². The molecule has 0 atom stereocenters. The summed E-state index contributed by atoms with van der Waals surface area (Å²) in [5.74, 6) is 0. The zero-order chi connectivity index (χ0) is 11.1. The molecule has 1 N–H and O–H groups in total. The Labute approximate surface area is 85.2 Å². The highest BCUT2D eigenvalue weighted by Gasteiger charge is 2.25. The Morgan fingerprint density at radius 3 is 2.87 bits per heavy atom. The van der Waals surface area contributed by atoms with Crippen molar-refractivity contribution in [2.75, 3.05) is 0 Å². The van der Waals surface area contributed by atoms with Gasteiger partial charge in [0.15, 0.2) is 11.3 Å². The van der Waals surface area contributed by atoms with E-state index in [1.165, 1.54) is 13.8 Å². The minimum Gasteiger partial charge on any atom is -0.304 e. The van der Waals surface area contributed by atoms with Crippen LogP contribution < -0.4 is 5.56 Å². The molecule has 0 fully saturated rings. The lowest BCUT2D eigenvalue weighted by molar-refractivity contribution is 0.212. The van der Waals surface area contributed by atoms with Gasteiger partial charge < -0.3 is 4.98 Å². The second-order valence-corrected chi connectivity index (χ2v) is 3.76. The summed E-state index contributed by atoms with van der Waals surface area (Å²) >= 11 is 0. The Morgan fingerprint density at radius 1 is 1.47 bits per heavy atom. The van der Waals surface area contributed by atoms with E-state index in [9.17, 15) is 9.18 Å². The van der Waals surface area contributed by atoms with Gasteiger partial charge in [-0.15, -0.1) is 0 Å². The number of pyridine rings is 1. The number of fused-ring (bicyclic) bond motifs is 1. The molecule has 0 aliphatic rings. The van der Waals surface area contributed by atoms with E-state index in [0.717, 1.165) is 0 Å². The van der Waals surface area contributed by atoms with Crippen LogP contribution in [0.25, 0.3) is 11.2 Å². The van der Waals surface area contributed by atoms with Gasteiger partial charge in [-0.3, -0.25) is 4.79 Å². The molecule has 0 spiro atoms. The van der Waals surface area contributed by atoms with E-state index < -0.39 is 11.2 Å². The molecule has 4 nitrogen and oxygen atoms in total. The molecule has 5 heteroatoms. The molecule has 2 aromatic rings. The summed E-state index contributed by atoms with van der Waals surface area (Å²) < 4.78 is 13.6. The monoisotopic (exact) mass is 207 g/mol. The van der Waals surface area contributed by atoms with Gasteiger partial charge >= 0.3 is 0 Å². The van der Waals surface area contributed by atoms with Crippen LogP contribution in [0.4, 0.5) is 4.39 Å². The topological polar surface area (TPSA) is 58.6 Å². The van der Waals surface area contributed by atoms with Gasteiger partial charge in [-0.05, 0) is 26.0 Å². The maximum absolute atomic E-state index is 13.6. The summed E-state index contributed by atoms with van der Waals surface area (Å²) in [4.78, 5) is 21.9. The Hall–Kier alpha value is -1.78. The first kappa shape index (κ1) is 9.76. The summed E-state index contributed by atoms with van der Waals surface area (Å²) in [7, 11) is 0. The first-order valence-corrected chi connectivity index (χ1v) is 4.53. The van der Waals surface area contributed by atoms with Crippen molar-refractivity contribution in [2.24, 2.45) is 0 Å². The number of H-pyrrole nitrogens is 1. The SMILES string of the molecule is CC(C)(F)c1nc2cccnc2[nH]c1=O. The van der Waals surface area contributed by atoms with Crippen LogP contribution in [0.1, 0.15) is 19.5 Å². The highest BCUT2D eigenvalue weighted by Crippen LogP contribution is 2.19. The van der Waals surface area contributed by atoms with Crippen LogP contribution in [0.2, 0.25) is 0 Å². The quantitative estimate of drug-likeness (QED) is 0.771. The van der Waals surface area contributed by atoms with Crippen molar-refractivity contribution in [2.45, 2.75) is 19.5 Å². The molecular formula is C10H10FN3O. The number of aromatic nitrogens is 3. The third kappa shape index (κ3) is 1.72. The van der Waals surface area contributed by atoms with E-state index in [1.807, 2.05) is 0 Å². The highest BCUT2D eigenvalue weighted by molar-refractivity contribution is 5.68. The van der Waals surface area contributed by atoms with E-state index in [2.05, 4.69) is 15.0 Å². The minimum absolute atomic E-state index is 0.122. The Morgan fingerprint density at radius 2 is 2.20 bits per heavy atom. The maximum Gasteiger partial charge on any atom is 0.274 e. The summed E-state index contributed by atoms with van der Waals surface area (Å²) in [6.07, 6.45) is 1.54. The molecule has 0 aliphatic heterocycles. The number of rotatable bonds is 1. The largest absolute Gasteiger partial charge is 0.304 e. The highest BCUT2D eigenvalue weighted by atomic mass is 19.1. The smallest absolute Gasteiger partial charge is 0.274 e. The average Bonchev–Trinajstić information content (AvgIpc) is 2.15. The van der Waals surface area contributed by atoms with Crippen LogP contribution in [0, 0.1) is 0 Å². The number of alkyl halides is 1. The Bertz CT molecular complexity index is 556. The predicted octanol–water partition coefficient (Wildman–Crippen LogP) is 1.52. The standard InChI is InChI=1S/C10H10FN3O/c1-10(2,11)7-9(15)14-8-6(13-7)4-3-5-12-8/h3-5H,1-2H3,(H,12,14,15). The fraction of sp³-hybridized carbons (Fsp3) is 0.300. The molecule has 15 heavy (non-hydrogen) atoms. The molecule has 0 radical (unpaired) electrons. The van der Waals surface area contributed by atoms with Crippen LogP contribution in [0.15, 0.2) is 23.1 Å². The summed E-state index contributed by atoms with van der Waals surface area (Å²) in [5, 5.41) is 0. The Balaban J connectivity index is 2.79. The van der Waals surface area contributed by atoms with Gasteiger partial charge in [0.1, 0.15) is 11.2 Å². The average molecular weight is 207 g/mol. The van der Waals surface area contributed by atoms with Gasteiger partial charge in [0.25, 0.3) is 5.56 Å². The van der Waals surface area contributed by atoms with E-state index >= 15 is 0 Å². The number of hydrogen-bond acceptors (Lipinski definition) is 3. The molecular weight excluding hydrogens is 197 g/mol. The molecule has 0 saturated heterocycles. The minimum atomic E-state index is -1.75. The van der Waals surface area contributed by atoms with Gasteiger partial charge in [-0.2, -0.15) is 0 Å². The zero-order valence-corrected chi connectivity index (χ0v) is 8.41. The van der Waals surface area contributed by atoms with E-state index in [-0.39, 0.29) is 5.69 Å². The third-order valence-electron chi connectivity index (χ3n) is 2.03. The summed E-state index contributed by atoms with van der Waals surface area (Å²) in [6.45, 7) is 2.60. The van der Waals surface area contributed by atoms with Crippen molar-refractivity contribution >= 4 is 11.2 Å². The molecule has 2 heterocycles.